The average Bonchev–Trinajstić information content (AvgIpc) is 3.11. The molecule has 1 amide bonds. The van der Waals surface area contributed by atoms with Crippen molar-refractivity contribution < 1.29 is 14.4 Å². The second kappa shape index (κ2) is 9.03. The van der Waals surface area contributed by atoms with Gasteiger partial charge in [0.15, 0.2) is 0 Å². The molecule has 1 unspecified atom stereocenters. The number of carbonyl (C=O) groups is 1. The van der Waals surface area contributed by atoms with Crippen molar-refractivity contribution in [3.8, 4) is 5.75 Å². The Bertz CT molecular complexity index is 1150. The van der Waals surface area contributed by atoms with Crippen LogP contribution in [-0.4, -0.2) is 64.8 Å². The molecule has 2 aliphatic rings. The SMILES string of the molecule is CC(=O)N(C)C1CCc2c(c3ccc(Nc4ccc(ON5CCOCC5)cc4)nc3n2C)C1. The van der Waals surface area contributed by atoms with E-state index >= 15 is 0 Å². The first-order valence-corrected chi connectivity index (χ1v) is 11.6. The van der Waals surface area contributed by atoms with Gasteiger partial charge in [-0.25, -0.2) is 4.98 Å². The molecule has 33 heavy (non-hydrogen) atoms. The predicted molar refractivity (Wildman–Crippen MR) is 128 cm³/mol. The highest BCUT2D eigenvalue weighted by atomic mass is 16.7. The maximum absolute atomic E-state index is 11.8. The summed E-state index contributed by atoms with van der Waals surface area (Å²) in [7, 11) is 3.99. The summed E-state index contributed by atoms with van der Waals surface area (Å²) in [6.45, 7) is 4.58. The standard InChI is InChI=1S/C25H31N5O3/c1-17(31)28(2)19-6-10-23-22(16-19)21-9-11-24(27-25(21)29(23)3)26-18-4-7-20(8-5-18)33-30-12-14-32-15-13-30/h4-5,7-9,11,19H,6,10,12-16H2,1-3H3,(H,26,27). The molecule has 0 radical (unpaired) electrons. The minimum absolute atomic E-state index is 0.120. The minimum Gasteiger partial charge on any atom is -0.406 e. The van der Waals surface area contributed by atoms with Crippen molar-refractivity contribution in [2.45, 2.75) is 32.2 Å². The summed E-state index contributed by atoms with van der Waals surface area (Å²) in [6, 6.07) is 12.3. The van der Waals surface area contributed by atoms with Crippen LogP contribution in [0.1, 0.15) is 24.6 Å². The van der Waals surface area contributed by atoms with E-state index in [9.17, 15) is 4.79 Å². The number of hydroxylamine groups is 2. The molecule has 1 aliphatic heterocycles. The number of hydrogen-bond acceptors (Lipinski definition) is 6. The highest BCUT2D eigenvalue weighted by Gasteiger charge is 2.28. The number of morpholine rings is 1. The van der Waals surface area contributed by atoms with Crippen LogP contribution < -0.4 is 10.2 Å². The van der Waals surface area contributed by atoms with Gasteiger partial charge in [-0.1, -0.05) is 0 Å². The van der Waals surface area contributed by atoms with Crippen molar-refractivity contribution in [3.05, 3.63) is 47.7 Å². The van der Waals surface area contributed by atoms with Gasteiger partial charge in [-0.3, -0.25) is 4.79 Å². The van der Waals surface area contributed by atoms with E-state index in [1.54, 1.807) is 6.92 Å². The third-order valence-corrected chi connectivity index (χ3v) is 6.80. The molecule has 3 heterocycles. The molecule has 0 saturated carbocycles. The number of carbonyl (C=O) groups excluding carboxylic acids is 1. The van der Waals surface area contributed by atoms with Crippen molar-refractivity contribution in [1.82, 2.24) is 19.5 Å². The molecule has 1 atom stereocenters. The van der Waals surface area contributed by atoms with E-state index in [-0.39, 0.29) is 11.9 Å². The van der Waals surface area contributed by atoms with Crippen LogP contribution >= 0.6 is 0 Å². The number of nitrogens with one attached hydrogen (secondary N) is 1. The molecule has 174 valence electrons. The maximum atomic E-state index is 11.8. The first-order valence-electron chi connectivity index (χ1n) is 11.6. The van der Waals surface area contributed by atoms with Gasteiger partial charge in [0.05, 0.1) is 26.3 Å². The Morgan fingerprint density at radius 1 is 1.18 bits per heavy atom. The number of aryl methyl sites for hydroxylation is 1. The van der Waals surface area contributed by atoms with E-state index in [0.29, 0.717) is 13.2 Å². The number of benzene rings is 1. The van der Waals surface area contributed by atoms with Gasteiger partial charge in [0.25, 0.3) is 0 Å². The van der Waals surface area contributed by atoms with E-state index in [4.69, 9.17) is 14.6 Å². The average molecular weight is 450 g/mol. The topological polar surface area (TPSA) is 71.9 Å². The quantitative estimate of drug-likeness (QED) is 0.645. The molecule has 3 aromatic rings. The molecule has 1 N–H and O–H groups in total. The minimum atomic E-state index is 0.120. The van der Waals surface area contributed by atoms with Crippen molar-refractivity contribution in [1.29, 1.82) is 0 Å². The Balaban J connectivity index is 1.32. The van der Waals surface area contributed by atoms with Crippen LogP contribution in [0.15, 0.2) is 36.4 Å². The third-order valence-electron chi connectivity index (χ3n) is 6.80. The zero-order valence-corrected chi connectivity index (χ0v) is 19.5. The van der Waals surface area contributed by atoms with Crippen LogP contribution in [0.2, 0.25) is 0 Å². The first-order chi connectivity index (χ1) is 16.0. The van der Waals surface area contributed by atoms with Crippen LogP contribution in [0.25, 0.3) is 11.0 Å². The summed E-state index contributed by atoms with van der Waals surface area (Å²) < 4.78 is 7.56. The highest BCUT2D eigenvalue weighted by molar-refractivity contribution is 5.85. The number of amides is 1. The highest BCUT2D eigenvalue weighted by Crippen LogP contribution is 2.33. The lowest BCUT2D eigenvalue weighted by molar-refractivity contribution is -0.129. The zero-order valence-electron chi connectivity index (χ0n) is 19.5. The molecule has 2 aromatic heterocycles. The van der Waals surface area contributed by atoms with E-state index in [2.05, 4.69) is 23.0 Å². The Hall–Kier alpha value is -3.10. The second-order valence-electron chi connectivity index (χ2n) is 8.86. The van der Waals surface area contributed by atoms with Crippen LogP contribution in [0.5, 0.6) is 5.75 Å². The van der Waals surface area contributed by atoms with Crippen molar-refractivity contribution in [2.75, 3.05) is 38.7 Å². The molecule has 1 aliphatic carbocycles. The van der Waals surface area contributed by atoms with Gasteiger partial charge in [0.2, 0.25) is 5.91 Å². The number of likely N-dealkylation sites (N-methyl/N-ethyl adjacent to an activating group) is 1. The van der Waals surface area contributed by atoms with Crippen LogP contribution in [-0.2, 0) is 29.4 Å². The van der Waals surface area contributed by atoms with E-state index in [0.717, 1.165) is 55.3 Å². The largest absolute Gasteiger partial charge is 0.406 e. The van der Waals surface area contributed by atoms with Crippen LogP contribution in [0.3, 0.4) is 0 Å². The summed E-state index contributed by atoms with van der Waals surface area (Å²) in [5.74, 6) is 1.74. The normalized spacial score (nSPS) is 18.7. The van der Waals surface area contributed by atoms with Gasteiger partial charge >= 0.3 is 0 Å². The Kier molecular flexibility index (Phi) is 5.95. The molecular formula is C25H31N5O3. The molecule has 8 heteroatoms. The number of fused-ring (bicyclic) bond motifs is 3. The van der Waals surface area contributed by atoms with Gasteiger partial charge < -0.3 is 24.4 Å². The Labute approximate surface area is 194 Å². The predicted octanol–water partition coefficient (Wildman–Crippen LogP) is 3.28. The number of pyridine rings is 1. The van der Waals surface area contributed by atoms with Gasteiger partial charge in [-0.2, -0.15) is 0 Å². The fourth-order valence-electron chi connectivity index (χ4n) is 4.80. The fraction of sp³-hybridized carbons (Fsp3) is 0.440. The second-order valence-corrected chi connectivity index (χ2v) is 8.86. The number of rotatable bonds is 5. The number of hydrogen-bond donors (Lipinski definition) is 1. The van der Waals surface area contributed by atoms with Gasteiger partial charge in [0.1, 0.15) is 17.2 Å². The smallest absolute Gasteiger partial charge is 0.219 e. The third kappa shape index (κ3) is 4.41. The summed E-state index contributed by atoms with van der Waals surface area (Å²) in [5, 5.41) is 6.51. The number of aromatic nitrogens is 2. The van der Waals surface area contributed by atoms with Crippen LogP contribution in [0.4, 0.5) is 11.5 Å². The molecule has 0 spiro atoms. The Morgan fingerprint density at radius 3 is 2.67 bits per heavy atom. The first kappa shape index (κ1) is 21.7. The zero-order chi connectivity index (χ0) is 22.9. The molecule has 0 bridgehead atoms. The molecule has 8 nitrogen and oxygen atoms in total. The number of nitrogens with zero attached hydrogens (tertiary/aromatic N) is 4. The molecule has 1 saturated heterocycles. The van der Waals surface area contributed by atoms with E-state index in [1.807, 2.05) is 47.3 Å². The molecule has 1 aromatic carbocycles. The van der Waals surface area contributed by atoms with Crippen molar-refractivity contribution in [3.63, 3.8) is 0 Å². The molecule has 5 rings (SSSR count). The lowest BCUT2D eigenvalue weighted by atomic mass is 9.91. The molecule has 1 fully saturated rings. The summed E-state index contributed by atoms with van der Waals surface area (Å²) in [5.41, 5.74) is 4.58. The lowest BCUT2D eigenvalue weighted by Gasteiger charge is -2.31. The molecular weight excluding hydrogens is 418 g/mol. The lowest BCUT2D eigenvalue weighted by Crippen LogP contribution is -2.39. The van der Waals surface area contributed by atoms with Crippen molar-refractivity contribution in [2.24, 2.45) is 7.05 Å². The number of anilines is 2. The van der Waals surface area contributed by atoms with Gasteiger partial charge in [-0.05, 0) is 61.2 Å². The Morgan fingerprint density at radius 2 is 1.94 bits per heavy atom. The van der Waals surface area contributed by atoms with Gasteiger partial charge in [-0.15, -0.1) is 5.06 Å². The number of ether oxygens (including phenoxy) is 1. The fourth-order valence-corrected chi connectivity index (χ4v) is 4.80. The monoisotopic (exact) mass is 449 g/mol. The summed E-state index contributed by atoms with van der Waals surface area (Å²) in [4.78, 5) is 24.5. The summed E-state index contributed by atoms with van der Waals surface area (Å²) >= 11 is 0. The summed E-state index contributed by atoms with van der Waals surface area (Å²) in [6.07, 6.45) is 2.82. The maximum Gasteiger partial charge on any atom is 0.219 e. The van der Waals surface area contributed by atoms with Crippen LogP contribution in [0, 0.1) is 0 Å². The van der Waals surface area contributed by atoms with E-state index < -0.39 is 0 Å². The van der Waals surface area contributed by atoms with Crippen molar-refractivity contribution >= 4 is 28.4 Å². The van der Waals surface area contributed by atoms with Gasteiger partial charge in [0, 0.05) is 43.8 Å². The van der Waals surface area contributed by atoms with E-state index in [1.165, 1.54) is 16.6 Å².